The lowest BCUT2D eigenvalue weighted by atomic mass is 10.0. The number of rotatable bonds is 3. The molecule has 2 aromatic carbocycles. The van der Waals surface area contributed by atoms with E-state index in [1.807, 2.05) is 37.3 Å². The van der Waals surface area contributed by atoms with Crippen molar-refractivity contribution in [2.75, 3.05) is 6.61 Å². The Morgan fingerprint density at radius 3 is 2.83 bits per heavy atom. The van der Waals surface area contributed by atoms with Gasteiger partial charge in [-0.1, -0.05) is 12.1 Å². The molecule has 0 aliphatic rings. The van der Waals surface area contributed by atoms with Crippen molar-refractivity contribution in [1.29, 1.82) is 5.26 Å². The summed E-state index contributed by atoms with van der Waals surface area (Å²) >= 11 is 0. The van der Waals surface area contributed by atoms with Crippen molar-refractivity contribution in [2.45, 2.75) is 6.92 Å². The summed E-state index contributed by atoms with van der Waals surface area (Å²) in [6.45, 7) is 2.53. The molecule has 0 heterocycles. The van der Waals surface area contributed by atoms with Crippen molar-refractivity contribution >= 4 is 16.8 Å². The van der Waals surface area contributed by atoms with Gasteiger partial charge in [0, 0.05) is 0 Å². The van der Waals surface area contributed by atoms with Gasteiger partial charge in [-0.3, -0.25) is 0 Å². The van der Waals surface area contributed by atoms with Gasteiger partial charge in [0.25, 0.3) is 0 Å². The first-order chi connectivity index (χ1) is 8.74. The van der Waals surface area contributed by atoms with Crippen LogP contribution in [-0.2, 0) is 4.74 Å². The van der Waals surface area contributed by atoms with Gasteiger partial charge in [0.2, 0.25) is 0 Å². The molecule has 0 atom stereocenters. The molecule has 0 bridgehead atoms. The third kappa shape index (κ3) is 2.49. The topological polar surface area (TPSA) is 33.0 Å². The van der Waals surface area contributed by atoms with E-state index in [4.69, 9.17) is 10.00 Å². The second kappa shape index (κ2) is 5.33. The first-order valence-electron chi connectivity index (χ1n) is 5.66. The lowest BCUT2D eigenvalue weighted by molar-refractivity contribution is 0.272. The predicted octanol–water partition coefficient (Wildman–Crippen LogP) is 3.86. The summed E-state index contributed by atoms with van der Waals surface area (Å²) in [6.07, 6.45) is 3.45. The van der Waals surface area contributed by atoms with Gasteiger partial charge in [-0.2, -0.15) is 5.26 Å². The molecule has 0 N–H and O–H groups in total. The molecule has 3 heteroatoms. The molecule has 0 unspecified atom stereocenters. The largest absolute Gasteiger partial charge is 0.501 e. The van der Waals surface area contributed by atoms with Crippen LogP contribution in [0.5, 0.6) is 0 Å². The summed E-state index contributed by atoms with van der Waals surface area (Å²) in [4.78, 5) is 0. The molecule has 0 aliphatic heterocycles. The summed E-state index contributed by atoms with van der Waals surface area (Å²) in [5.74, 6) is -0.484. The van der Waals surface area contributed by atoms with Gasteiger partial charge in [0.1, 0.15) is 11.9 Å². The molecule has 0 saturated heterocycles. The van der Waals surface area contributed by atoms with E-state index in [0.29, 0.717) is 6.61 Å². The van der Waals surface area contributed by atoms with E-state index in [-0.39, 0.29) is 5.56 Å². The van der Waals surface area contributed by atoms with Gasteiger partial charge in [-0.05, 0) is 47.5 Å². The van der Waals surface area contributed by atoms with Gasteiger partial charge in [0.05, 0.1) is 18.4 Å². The van der Waals surface area contributed by atoms with E-state index in [2.05, 4.69) is 0 Å². The van der Waals surface area contributed by atoms with Crippen LogP contribution in [0.4, 0.5) is 4.39 Å². The molecule has 0 spiro atoms. The fraction of sp³-hybridized carbons (Fsp3) is 0.133. The van der Waals surface area contributed by atoms with Crippen molar-refractivity contribution in [1.82, 2.24) is 0 Å². The maximum absolute atomic E-state index is 13.4. The summed E-state index contributed by atoms with van der Waals surface area (Å²) in [5.41, 5.74) is 1.01. The first kappa shape index (κ1) is 12.1. The molecular formula is C15H12FNO. The van der Waals surface area contributed by atoms with E-state index in [1.54, 1.807) is 12.3 Å². The fourth-order valence-electron chi connectivity index (χ4n) is 1.70. The van der Waals surface area contributed by atoms with Gasteiger partial charge in [0.15, 0.2) is 0 Å². The number of benzene rings is 2. The lowest BCUT2D eigenvalue weighted by Gasteiger charge is -2.02. The Labute approximate surface area is 105 Å². The second-order valence-corrected chi connectivity index (χ2v) is 3.81. The summed E-state index contributed by atoms with van der Waals surface area (Å²) in [7, 11) is 0. The number of hydrogen-bond acceptors (Lipinski definition) is 2. The van der Waals surface area contributed by atoms with Crippen molar-refractivity contribution in [3.8, 4) is 6.07 Å². The van der Waals surface area contributed by atoms with Crippen LogP contribution in [-0.4, -0.2) is 6.61 Å². The smallest absolute Gasteiger partial charge is 0.141 e. The summed E-state index contributed by atoms with van der Waals surface area (Å²) < 4.78 is 18.5. The van der Waals surface area contributed by atoms with Crippen molar-refractivity contribution in [2.24, 2.45) is 0 Å². The van der Waals surface area contributed by atoms with Crippen molar-refractivity contribution in [3.05, 3.63) is 53.5 Å². The Morgan fingerprint density at radius 1 is 1.28 bits per heavy atom. The van der Waals surface area contributed by atoms with Gasteiger partial charge in [-0.15, -0.1) is 0 Å². The van der Waals surface area contributed by atoms with Crippen LogP contribution in [0.15, 0.2) is 36.6 Å². The highest BCUT2D eigenvalue weighted by molar-refractivity contribution is 5.86. The minimum atomic E-state index is -0.484. The molecule has 0 aliphatic carbocycles. The zero-order valence-corrected chi connectivity index (χ0v) is 9.98. The summed E-state index contributed by atoms with van der Waals surface area (Å²) in [6, 6.07) is 10.4. The average Bonchev–Trinajstić information content (AvgIpc) is 2.38. The number of nitriles is 1. The molecule has 90 valence electrons. The van der Waals surface area contributed by atoms with Gasteiger partial charge in [-0.25, -0.2) is 4.39 Å². The van der Waals surface area contributed by atoms with E-state index < -0.39 is 5.82 Å². The molecule has 0 fully saturated rings. The molecule has 2 rings (SSSR count). The van der Waals surface area contributed by atoms with Crippen LogP contribution in [0.3, 0.4) is 0 Å². The Bertz CT molecular complexity index is 641. The highest BCUT2D eigenvalue weighted by atomic mass is 19.1. The number of hydrogen-bond donors (Lipinski definition) is 0. The Hall–Kier alpha value is -2.34. The first-order valence-corrected chi connectivity index (χ1v) is 5.66. The zero-order valence-electron chi connectivity index (χ0n) is 9.98. The molecule has 0 saturated carbocycles. The maximum Gasteiger partial charge on any atom is 0.141 e. The summed E-state index contributed by atoms with van der Waals surface area (Å²) in [5, 5.41) is 10.4. The Balaban J connectivity index is 2.44. The zero-order chi connectivity index (χ0) is 13.0. The van der Waals surface area contributed by atoms with E-state index in [0.717, 1.165) is 16.3 Å². The van der Waals surface area contributed by atoms with Crippen LogP contribution in [0, 0.1) is 17.1 Å². The van der Waals surface area contributed by atoms with Crippen LogP contribution in [0.2, 0.25) is 0 Å². The molecule has 0 amide bonds. The normalized spacial score (nSPS) is 10.7. The minimum Gasteiger partial charge on any atom is -0.501 e. The van der Waals surface area contributed by atoms with E-state index >= 15 is 0 Å². The fourth-order valence-corrected chi connectivity index (χ4v) is 1.70. The highest BCUT2D eigenvalue weighted by Crippen LogP contribution is 2.21. The molecule has 2 aromatic rings. The molecule has 2 nitrogen and oxygen atoms in total. The molecular weight excluding hydrogens is 229 g/mol. The van der Waals surface area contributed by atoms with Crippen LogP contribution in [0.25, 0.3) is 16.8 Å². The van der Waals surface area contributed by atoms with Crippen molar-refractivity contribution < 1.29 is 9.13 Å². The van der Waals surface area contributed by atoms with Gasteiger partial charge >= 0.3 is 0 Å². The number of ether oxygens (including phenoxy) is 1. The number of nitrogens with zero attached hydrogens (tertiary/aromatic N) is 1. The molecule has 0 radical (unpaired) electrons. The van der Waals surface area contributed by atoms with E-state index in [9.17, 15) is 4.39 Å². The number of fused-ring (bicyclic) bond motifs is 1. The van der Waals surface area contributed by atoms with Gasteiger partial charge < -0.3 is 4.74 Å². The SMILES string of the molecule is CCOC=Cc1ccc2cc(F)c(C#N)cc2c1. The van der Waals surface area contributed by atoms with Crippen LogP contribution >= 0.6 is 0 Å². The molecule has 0 aromatic heterocycles. The van der Waals surface area contributed by atoms with Crippen LogP contribution < -0.4 is 0 Å². The highest BCUT2D eigenvalue weighted by Gasteiger charge is 2.04. The third-order valence-corrected chi connectivity index (χ3v) is 2.59. The standard InChI is InChI=1S/C15H12FNO/c1-2-18-6-5-11-3-4-12-9-15(16)14(10-17)8-13(12)7-11/h3-9H,2H2,1H3. The third-order valence-electron chi connectivity index (χ3n) is 2.59. The number of halogens is 1. The minimum absolute atomic E-state index is 0.0634. The van der Waals surface area contributed by atoms with Crippen molar-refractivity contribution in [3.63, 3.8) is 0 Å². The monoisotopic (exact) mass is 241 g/mol. The van der Waals surface area contributed by atoms with E-state index in [1.165, 1.54) is 6.07 Å². The predicted molar refractivity (Wildman–Crippen MR) is 69.3 cm³/mol. The lowest BCUT2D eigenvalue weighted by Crippen LogP contribution is -1.85. The Morgan fingerprint density at radius 2 is 2.11 bits per heavy atom. The maximum atomic E-state index is 13.4. The second-order valence-electron chi connectivity index (χ2n) is 3.81. The Kier molecular flexibility index (Phi) is 3.59. The quantitative estimate of drug-likeness (QED) is 0.764. The average molecular weight is 241 g/mol. The van der Waals surface area contributed by atoms with Crippen LogP contribution in [0.1, 0.15) is 18.1 Å². The molecule has 18 heavy (non-hydrogen) atoms.